The second kappa shape index (κ2) is 7.31. The van der Waals surface area contributed by atoms with Gasteiger partial charge in [-0.3, -0.25) is 4.98 Å². The number of pyridine rings is 1. The van der Waals surface area contributed by atoms with Crippen molar-refractivity contribution in [2.24, 2.45) is 5.41 Å². The molecule has 0 radical (unpaired) electrons. The number of fused-ring (bicyclic) bond motifs is 2. The van der Waals surface area contributed by atoms with Crippen LogP contribution in [0, 0.1) is 5.41 Å². The van der Waals surface area contributed by atoms with Crippen molar-refractivity contribution < 1.29 is 22.3 Å². The van der Waals surface area contributed by atoms with Crippen molar-refractivity contribution in [3.8, 4) is 5.75 Å². The first-order valence-corrected chi connectivity index (χ1v) is 11.5. The minimum atomic E-state index is -4.38. The molecular weight excluding hydrogens is 447 g/mol. The van der Waals surface area contributed by atoms with Crippen LogP contribution in [0.4, 0.5) is 18.9 Å². The van der Waals surface area contributed by atoms with E-state index in [1.165, 1.54) is 0 Å². The molecule has 3 fully saturated rings. The molecule has 0 N–H and O–H groups in total. The number of likely N-dealkylation sites (tertiary alicyclic amines) is 1. The predicted molar refractivity (Wildman–Crippen MR) is 119 cm³/mol. The Morgan fingerprint density at radius 3 is 2.65 bits per heavy atom. The fourth-order valence-corrected chi connectivity index (χ4v) is 5.99. The summed E-state index contributed by atoms with van der Waals surface area (Å²) in [6.45, 7) is 1.83. The Hall–Kier alpha value is -2.88. The summed E-state index contributed by atoms with van der Waals surface area (Å²) < 4.78 is 54.9. The third-order valence-corrected chi connectivity index (χ3v) is 8.05. The molecule has 1 aliphatic carbocycles. The van der Waals surface area contributed by atoms with Gasteiger partial charge in [-0.25, -0.2) is 0 Å². The molecular formula is C24H26F3N5O2. The fourth-order valence-electron chi connectivity index (χ4n) is 5.99. The minimum Gasteiger partial charge on any atom is -0.494 e. The molecule has 2 saturated heterocycles. The van der Waals surface area contributed by atoms with E-state index in [-0.39, 0.29) is 31.3 Å². The van der Waals surface area contributed by atoms with E-state index in [1.54, 1.807) is 30.3 Å². The van der Waals surface area contributed by atoms with Crippen molar-refractivity contribution >= 4 is 16.6 Å². The van der Waals surface area contributed by atoms with Crippen LogP contribution in [0.1, 0.15) is 37.0 Å². The van der Waals surface area contributed by atoms with Crippen LogP contribution in [0.25, 0.3) is 10.9 Å². The lowest BCUT2D eigenvalue weighted by atomic mass is 9.95. The molecule has 3 aromatic rings. The molecule has 2 aliphatic heterocycles. The van der Waals surface area contributed by atoms with Gasteiger partial charge in [0.15, 0.2) is 0 Å². The number of alkyl halides is 3. The molecule has 6 rings (SSSR count). The molecule has 3 aliphatic rings. The minimum absolute atomic E-state index is 0.0264. The average molecular weight is 473 g/mol. The smallest absolute Gasteiger partial charge is 0.397 e. The summed E-state index contributed by atoms with van der Waals surface area (Å²) >= 11 is 0. The van der Waals surface area contributed by atoms with Gasteiger partial charge in [-0.05, 0) is 63.7 Å². The quantitative estimate of drug-likeness (QED) is 0.564. The lowest BCUT2D eigenvalue weighted by Gasteiger charge is -2.26. The molecule has 7 nitrogen and oxygen atoms in total. The second-order valence-electron chi connectivity index (χ2n) is 9.90. The van der Waals surface area contributed by atoms with Gasteiger partial charge in [0.1, 0.15) is 16.7 Å². The highest BCUT2D eigenvalue weighted by Gasteiger charge is 2.86. The van der Waals surface area contributed by atoms with Gasteiger partial charge in [-0.2, -0.15) is 13.2 Å². The molecule has 0 spiro atoms. The summed E-state index contributed by atoms with van der Waals surface area (Å²) in [6.07, 6.45) is -1.03. The number of ether oxygens (including phenoxy) is 1. The van der Waals surface area contributed by atoms with Gasteiger partial charge in [-0.1, -0.05) is 0 Å². The molecule has 0 amide bonds. The van der Waals surface area contributed by atoms with E-state index >= 15 is 0 Å². The summed E-state index contributed by atoms with van der Waals surface area (Å²) in [6, 6.07) is 7.21. The topological polar surface area (TPSA) is 67.5 Å². The number of anilines is 1. The van der Waals surface area contributed by atoms with Gasteiger partial charge < -0.3 is 19.0 Å². The Morgan fingerprint density at radius 1 is 1.12 bits per heavy atom. The Kier molecular flexibility index (Phi) is 4.65. The Balaban J connectivity index is 1.37. The maximum atomic E-state index is 14.5. The zero-order chi connectivity index (χ0) is 23.7. The monoisotopic (exact) mass is 473 g/mol. The van der Waals surface area contributed by atoms with E-state index in [4.69, 9.17) is 9.15 Å². The van der Waals surface area contributed by atoms with Crippen LogP contribution >= 0.6 is 0 Å². The van der Waals surface area contributed by atoms with Gasteiger partial charge in [0.2, 0.25) is 11.8 Å². The number of hydrogen-bond donors (Lipinski definition) is 0. The molecule has 34 heavy (non-hydrogen) atoms. The van der Waals surface area contributed by atoms with Crippen molar-refractivity contribution in [2.75, 3.05) is 45.2 Å². The number of aromatic nitrogens is 3. The van der Waals surface area contributed by atoms with Gasteiger partial charge >= 0.3 is 6.18 Å². The highest BCUT2D eigenvalue weighted by molar-refractivity contribution is 5.96. The first-order chi connectivity index (χ1) is 16.3. The van der Waals surface area contributed by atoms with Crippen LogP contribution in [0.3, 0.4) is 0 Å². The average Bonchev–Trinajstić information content (AvgIpc) is 3.14. The third kappa shape index (κ3) is 2.97. The molecule has 4 heterocycles. The van der Waals surface area contributed by atoms with Gasteiger partial charge in [0, 0.05) is 36.3 Å². The largest absolute Gasteiger partial charge is 0.494 e. The van der Waals surface area contributed by atoms with E-state index < -0.39 is 17.0 Å². The number of methoxy groups -OCH3 is 1. The van der Waals surface area contributed by atoms with E-state index in [9.17, 15) is 13.2 Å². The maximum Gasteiger partial charge on any atom is 0.397 e. The van der Waals surface area contributed by atoms with Crippen molar-refractivity contribution in [3.63, 3.8) is 0 Å². The number of nitrogens with zero attached hydrogens (tertiary/aromatic N) is 5. The number of benzene rings is 1. The third-order valence-electron chi connectivity index (χ3n) is 8.05. The van der Waals surface area contributed by atoms with Crippen molar-refractivity contribution in [2.45, 2.75) is 36.8 Å². The first kappa shape index (κ1) is 21.6. The highest BCUT2D eigenvalue weighted by Crippen LogP contribution is 2.75. The second-order valence-corrected chi connectivity index (χ2v) is 9.90. The highest BCUT2D eigenvalue weighted by atomic mass is 19.4. The van der Waals surface area contributed by atoms with Gasteiger partial charge in [-0.15, -0.1) is 10.2 Å². The molecule has 2 aromatic heterocycles. The van der Waals surface area contributed by atoms with Crippen LogP contribution in [-0.2, 0) is 5.41 Å². The van der Waals surface area contributed by atoms with E-state index in [2.05, 4.69) is 27.1 Å². The summed E-state index contributed by atoms with van der Waals surface area (Å²) in [5.41, 5.74) is -1.80. The van der Waals surface area contributed by atoms with E-state index in [0.29, 0.717) is 22.8 Å². The fraction of sp³-hybridized carbons (Fsp3) is 0.542. The lowest BCUT2D eigenvalue weighted by Crippen LogP contribution is -2.34. The summed E-state index contributed by atoms with van der Waals surface area (Å²) in [5, 5.41) is 9.17. The molecule has 0 unspecified atom stereocenters. The van der Waals surface area contributed by atoms with Crippen LogP contribution in [-0.4, -0.2) is 66.6 Å². The normalized spacial score (nSPS) is 27.9. The molecule has 1 saturated carbocycles. The van der Waals surface area contributed by atoms with Crippen LogP contribution in [0.2, 0.25) is 0 Å². The first-order valence-electron chi connectivity index (χ1n) is 11.5. The predicted octanol–water partition coefficient (Wildman–Crippen LogP) is 4.15. The van der Waals surface area contributed by atoms with E-state index in [0.717, 1.165) is 31.3 Å². The molecule has 180 valence electrons. The van der Waals surface area contributed by atoms with Gasteiger partial charge in [0.05, 0.1) is 12.5 Å². The Morgan fingerprint density at radius 2 is 1.91 bits per heavy atom. The zero-order valence-electron chi connectivity index (χ0n) is 19.1. The number of piperidine rings is 2. The van der Waals surface area contributed by atoms with Crippen LogP contribution in [0.5, 0.6) is 5.75 Å². The molecule has 1 aromatic carbocycles. The van der Waals surface area contributed by atoms with Crippen LogP contribution < -0.4 is 9.64 Å². The standard InChI is InChI=1S/C24H26F3N5O2/c1-31-10-7-15(8-11-31)20-29-30-21(34-20)22-12-23(22,24(25,26)27)14-32(13-22)17-5-6-18(33-2)19-16(17)4-3-9-28-19/h3-6,9,15H,7-8,10-14H2,1-2H3/t22-,23-/m0/s1. The summed E-state index contributed by atoms with van der Waals surface area (Å²) in [4.78, 5) is 8.42. The van der Waals surface area contributed by atoms with Crippen molar-refractivity contribution in [1.82, 2.24) is 20.1 Å². The Labute approximate surface area is 194 Å². The van der Waals surface area contributed by atoms with E-state index in [1.807, 2.05) is 12.1 Å². The molecule has 10 heteroatoms. The van der Waals surface area contributed by atoms with Crippen molar-refractivity contribution in [1.29, 1.82) is 0 Å². The molecule has 2 atom stereocenters. The van der Waals surface area contributed by atoms with Crippen molar-refractivity contribution in [3.05, 3.63) is 42.2 Å². The SMILES string of the molecule is COc1ccc(N2C[C@]3(c4nnc(C5CCN(C)CC5)o4)C[C@]3(C(F)(F)F)C2)c2cccnc12. The number of halogens is 3. The van der Waals surface area contributed by atoms with Gasteiger partial charge in [0.25, 0.3) is 0 Å². The Bertz CT molecular complexity index is 1240. The molecule has 0 bridgehead atoms. The van der Waals surface area contributed by atoms with Crippen LogP contribution in [0.15, 0.2) is 34.9 Å². The summed E-state index contributed by atoms with van der Waals surface area (Å²) in [5.74, 6) is 1.28. The number of hydrogen-bond acceptors (Lipinski definition) is 7. The maximum absolute atomic E-state index is 14.5. The zero-order valence-corrected chi connectivity index (χ0v) is 19.1. The summed E-state index contributed by atoms with van der Waals surface area (Å²) in [7, 11) is 3.61. The lowest BCUT2D eigenvalue weighted by molar-refractivity contribution is -0.187. The number of rotatable bonds is 4.